The van der Waals surface area contributed by atoms with E-state index in [9.17, 15) is 18.0 Å². The number of anilines is 1. The Morgan fingerprint density at radius 1 is 1.00 bits per heavy atom. The molecule has 1 N–H and O–H groups in total. The molecule has 0 aliphatic rings. The highest BCUT2D eigenvalue weighted by Crippen LogP contribution is 2.32. The van der Waals surface area contributed by atoms with Gasteiger partial charge in [-0.1, -0.05) is 44.2 Å². The van der Waals surface area contributed by atoms with Crippen LogP contribution in [0.1, 0.15) is 41.3 Å². The summed E-state index contributed by atoms with van der Waals surface area (Å²) in [5, 5.41) is 2.58. The van der Waals surface area contributed by atoms with Gasteiger partial charge in [-0.25, -0.2) is 0 Å². The number of nitrogens with one attached hydrogen (secondary N) is 1. The zero-order valence-corrected chi connectivity index (χ0v) is 12.2. The molecule has 0 aliphatic heterocycles. The lowest BCUT2D eigenvalue weighted by Gasteiger charge is -2.16. The van der Waals surface area contributed by atoms with Gasteiger partial charge in [0.1, 0.15) is 0 Å². The summed E-state index contributed by atoms with van der Waals surface area (Å²) in [6, 6.07) is 11.9. The number of carbonyl (C=O) groups is 1. The summed E-state index contributed by atoms with van der Waals surface area (Å²) in [6.45, 7) is 3.91. The molecule has 0 spiro atoms. The average molecular weight is 307 g/mol. The Labute approximate surface area is 127 Å². The highest BCUT2D eigenvalue weighted by Gasteiger charge is 2.34. The molecule has 22 heavy (non-hydrogen) atoms. The first-order valence-corrected chi connectivity index (χ1v) is 6.87. The molecular weight excluding hydrogens is 291 g/mol. The average Bonchev–Trinajstić information content (AvgIpc) is 2.46. The highest BCUT2D eigenvalue weighted by atomic mass is 19.4. The molecule has 0 atom stereocenters. The topological polar surface area (TPSA) is 29.1 Å². The quantitative estimate of drug-likeness (QED) is 0.841. The molecule has 1 amide bonds. The van der Waals surface area contributed by atoms with Crippen molar-refractivity contribution in [3.8, 4) is 0 Å². The molecule has 2 nitrogen and oxygen atoms in total. The van der Waals surface area contributed by atoms with Crippen LogP contribution in [-0.4, -0.2) is 5.91 Å². The van der Waals surface area contributed by atoms with E-state index in [1.54, 1.807) is 12.1 Å². The van der Waals surface area contributed by atoms with Crippen molar-refractivity contribution < 1.29 is 18.0 Å². The smallest absolute Gasteiger partial charge is 0.322 e. The molecule has 0 aromatic heterocycles. The summed E-state index contributed by atoms with van der Waals surface area (Å²) >= 11 is 0. The number of para-hydroxylation sites is 1. The van der Waals surface area contributed by atoms with E-state index in [0.29, 0.717) is 5.69 Å². The Kier molecular flexibility index (Phi) is 4.54. The minimum Gasteiger partial charge on any atom is -0.322 e. The van der Waals surface area contributed by atoms with Crippen molar-refractivity contribution in [1.82, 2.24) is 0 Å². The number of halogens is 3. The second kappa shape index (κ2) is 6.22. The predicted molar refractivity (Wildman–Crippen MR) is 79.9 cm³/mol. The molecule has 0 heterocycles. The molecule has 2 aromatic carbocycles. The van der Waals surface area contributed by atoms with Crippen molar-refractivity contribution in [2.75, 3.05) is 5.32 Å². The van der Waals surface area contributed by atoms with Crippen LogP contribution in [0.4, 0.5) is 18.9 Å². The maximum Gasteiger partial charge on any atom is 0.417 e. The van der Waals surface area contributed by atoms with Crippen LogP contribution in [0.25, 0.3) is 0 Å². The summed E-state index contributed by atoms with van der Waals surface area (Å²) in [6.07, 6.45) is -4.56. The third-order valence-electron chi connectivity index (χ3n) is 3.31. The van der Waals surface area contributed by atoms with E-state index in [-0.39, 0.29) is 11.5 Å². The number of rotatable bonds is 3. The van der Waals surface area contributed by atoms with Gasteiger partial charge < -0.3 is 5.32 Å². The van der Waals surface area contributed by atoms with E-state index in [1.165, 1.54) is 18.2 Å². The summed E-state index contributed by atoms with van der Waals surface area (Å²) in [4.78, 5) is 12.2. The van der Waals surface area contributed by atoms with E-state index in [0.717, 1.165) is 11.6 Å². The fourth-order valence-electron chi connectivity index (χ4n) is 2.23. The van der Waals surface area contributed by atoms with Crippen LogP contribution in [0.3, 0.4) is 0 Å². The van der Waals surface area contributed by atoms with E-state index >= 15 is 0 Å². The van der Waals surface area contributed by atoms with Crippen molar-refractivity contribution in [1.29, 1.82) is 0 Å². The number of amides is 1. The van der Waals surface area contributed by atoms with E-state index in [2.05, 4.69) is 5.32 Å². The number of carbonyl (C=O) groups excluding carboxylic acids is 1. The second-order valence-corrected chi connectivity index (χ2v) is 5.24. The summed E-state index contributed by atoms with van der Waals surface area (Å²) in [5.41, 5.74) is 0.0860. The lowest BCUT2D eigenvalue weighted by molar-refractivity contribution is -0.137. The number of alkyl halides is 3. The first kappa shape index (κ1) is 16.1. The first-order chi connectivity index (χ1) is 10.3. The highest BCUT2D eigenvalue weighted by molar-refractivity contribution is 6.05. The van der Waals surface area contributed by atoms with Crippen LogP contribution in [-0.2, 0) is 6.18 Å². The Bertz CT molecular complexity index is 678. The van der Waals surface area contributed by atoms with Gasteiger partial charge in [-0.15, -0.1) is 0 Å². The summed E-state index contributed by atoms with van der Waals surface area (Å²) in [7, 11) is 0. The van der Waals surface area contributed by atoms with E-state index < -0.39 is 17.6 Å². The lowest BCUT2D eigenvalue weighted by Crippen LogP contribution is -2.19. The molecule has 0 unspecified atom stereocenters. The zero-order chi connectivity index (χ0) is 16.3. The van der Waals surface area contributed by atoms with Crippen LogP contribution in [0.15, 0.2) is 48.5 Å². The van der Waals surface area contributed by atoms with Crippen LogP contribution in [0, 0.1) is 0 Å². The normalized spacial score (nSPS) is 11.5. The Balaban J connectivity index is 2.36. The third kappa shape index (κ3) is 3.47. The lowest BCUT2D eigenvalue weighted by atomic mass is 10.0. The minimum atomic E-state index is -4.56. The zero-order valence-electron chi connectivity index (χ0n) is 12.2. The van der Waals surface area contributed by atoms with E-state index in [4.69, 9.17) is 0 Å². The fourth-order valence-corrected chi connectivity index (χ4v) is 2.23. The summed E-state index contributed by atoms with van der Waals surface area (Å²) < 4.78 is 38.9. The molecule has 0 saturated carbocycles. The predicted octanol–water partition coefficient (Wildman–Crippen LogP) is 5.08. The van der Waals surface area contributed by atoms with Gasteiger partial charge in [0.15, 0.2) is 0 Å². The minimum absolute atomic E-state index is 0.148. The maximum atomic E-state index is 13.0. The first-order valence-electron chi connectivity index (χ1n) is 6.87. The SMILES string of the molecule is CC(C)c1ccccc1NC(=O)c1ccccc1C(F)(F)F. The Morgan fingerprint density at radius 2 is 1.59 bits per heavy atom. The van der Waals surface area contributed by atoms with Crippen LogP contribution in [0.2, 0.25) is 0 Å². The molecule has 116 valence electrons. The molecule has 0 saturated heterocycles. The molecule has 2 aromatic rings. The third-order valence-corrected chi connectivity index (χ3v) is 3.31. The Morgan fingerprint density at radius 3 is 2.23 bits per heavy atom. The van der Waals surface area contributed by atoms with Crippen LogP contribution < -0.4 is 5.32 Å². The van der Waals surface area contributed by atoms with Crippen molar-refractivity contribution >= 4 is 11.6 Å². The van der Waals surface area contributed by atoms with Gasteiger partial charge in [-0.3, -0.25) is 4.79 Å². The van der Waals surface area contributed by atoms with Crippen LogP contribution in [0.5, 0.6) is 0 Å². The van der Waals surface area contributed by atoms with Gasteiger partial charge in [0.05, 0.1) is 11.1 Å². The fraction of sp³-hybridized carbons (Fsp3) is 0.235. The van der Waals surface area contributed by atoms with Gasteiger partial charge in [0.25, 0.3) is 5.91 Å². The van der Waals surface area contributed by atoms with Gasteiger partial charge in [0.2, 0.25) is 0 Å². The summed E-state index contributed by atoms with van der Waals surface area (Å²) in [5.74, 6) is -0.615. The second-order valence-electron chi connectivity index (χ2n) is 5.24. The molecule has 5 heteroatoms. The van der Waals surface area contributed by atoms with Crippen molar-refractivity contribution in [3.05, 3.63) is 65.2 Å². The van der Waals surface area contributed by atoms with E-state index in [1.807, 2.05) is 26.0 Å². The molecule has 0 aliphatic carbocycles. The van der Waals surface area contributed by atoms with Gasteiger partial charge in [-0.2, -0.15) is 13.2 Å². The standard InChI is InChI=1S/C17H16F3NO/c1-11(2)12-7-4-6-10-15(12)21-16(22)13-8-3-5-9-14(13)17(18,19)20/h3-11H,1-2H3,(H,21,22). The number of benzene rings is 2. The molecule has 2 rings (SSSR count). The number of hydrogen-bond acceptors (Lipinski definition) is 1. The van der Waals surface area contributed by atoms with Gasteiger partial charge in [0, 0.05) is 5.69 Å². The molecule has 0 bridgehead atoms. The van der Waals surface area contributed by atoms with Crippen molar-refractivity contribution in [2.45, 2.75) is 25.9 Å². The maximum absolute atomic E-state index is 13.0. The molecule has 0 fully saturated rings. The van der Waals surface area contributed by atoms with Gasteiger partial charge >= 0.3 is 6.18 Å². The van der Waals surface area contributed by atoms with Crippen molar-refractivity contribution in [2.24, 2.45) is 0 Å². The molecule has 0 radical (unpaired) electrons. The molecular formula is C17H16F3NO. The largest absolute Gasteiger partial charge is 0.417 e. The van der Waals surface area contributed by atoms with Gasteiger partial charge in [-0.05, 0) is 29.7 Å². The Hall–Kier alpha value is -2.30. The van der Waals surface area contributed by atoms with Crippen LogP contribution >= 0.6 is 0 Å². The monoisotopic (exact) mass is 307 g/mol. The number of hydrogen-bond donors (Lipinski definition) is 1. The van der Waals surface area contributed by atoms with Crippen molar-refractivity contribution in [3.63, 3.8) is 0 Å².